The number of nitrogens with zero attached hydrogens (tertiary/aromatic N) is 3. The summed E-state index contributed by atoms with van der Waals surface area (Å²) in [6.07, 6.45) is 1.72. The molecular weight excluding hydrogens is 380 g/mol. The topological polar surface area (TPSA) is 52.0 Å². The molecule has 0 unspecified atom stereocenters. The average molecular weight is 396 g/mol. The molecule has 0 aliphatic rings. The molecule has 2 heterocycles. The highest BCUT2D eigenvalue weighted by molar-refractivity contribution is 9.10. The van der Waals surface area contributed by atoms with Crippen LogP contribution in [0.15, 0.2) is 22.9 Å². The van der Waals surface area contributed by atoms with Gasteiger partial charge in [0.2, 0.25) is 0 Å². The first-order valence-corrected chi connectivity index (χ1v) is 8.18. The van der Waals surface area contributed by atoms with Crippen molar-refractivity contribution in [3.05, 3.63) is 39.2 Å². The number of pyridine rings is 1. The van der Waals surface area contributed by atoms with Crippen LogP contribution in [0.25, 0.3) is 11.2 Å². The van der Waals surface area contributed by atoms with Crippen molar-refractivity contribution in [3.8, 4) is 5.75 Å². The van der Waals surface area contributed by atoms with Crippen molar-refractivity contribution in [2.75, 3.05) is 12.4 Å². The monoisotopic (exact) mass is 394 g/mol. The van der Waals surface area contributed by atoms with Crippen LogP contribution in [0.3, 0.4) is 0 Å². The Labute approximate surface area is 147 Å². The van der Waals surface area contributed by atoms with Crippen LogP contribution >= 0.6 is 27.5 Å². The van der Waals surface area contributed by atoms with Gasteiger partial charge in [-0.15, -0.1) is 0 Å². The molecule has 2 aromatic heterocycles. The molecule has 1 N–H and O–H groups in total. The van der Waals surface area contributed by atoms with Gasteiger partial charge in [0.15, 0.2) is 5.65 Å². The van der Waals surface area contributed by atoms with Crippen LogP contribution in [0.1, 0.15) is 11.1 Å². The number of imidazole rings is 1. The SMILES string of the molecule is COc1ccc(C)c(Nc2c(Br)c(Cl)nc3c2ncn3C)c1C. The van der Waals surface area contributed by atoms with E-state index in [0.29, 0.717) is 9.63 Å². The molecule has 3 rings (SSSR count). The maximum Gasteiger partial charge on any atom is 0.163 e. The van der Waals surface area contributed by atoms with E-state index >= 15 is 0 Å². The quantitative estimate of drug-likeness (QED) is 0.650. The third-order valence-corrected chi connectivity index (χ3v) is 5.11. The van der Waals surface area contributed by atoms with Gasteiger partial charge in [-0.3, -0.25) is 0 Å². The summed E-state index contributed by atoms with van der Waals surface area (Å²) in [5.41, 5.74) is 5.37. The molecule has 0 spiro atoms. The molecule has 1 aromatic carbocycles. The molecule has 0 saturated heterocycles. The van der Waals surface area contributed by atoms with Gasteiger partial charge in [-0.1, -0.05) is 17.7 Å². The van der Waals surface area contributed by atoms with E-state index in [-0.39, 0.29) is 0 Å². The summed E-state index contributed by atoms with van der Waals surface area (Å²) >= 11 is 9.78. The number of benzene rings is 1. The average Bonchev–Trinajstić information content (AvgIpc) is 2.88. The van der Waals surface area contributed by atoms with Crippen molar-refractivity contribution >= 4 is 50.1 Å². The number of nitrogens with one attached hydrogen (secondary N) is 1. The van der Waals surface area contributed by atoms with Crippen LogP contribution in [0.5, 0.6) is 5.75 Å². The predicted octanol–water partition coefficient (Wildman–Crippen LogP) is 4.75. The third-order valence-electron chi connectivity index (χ3n) is 3.84. The van der Waals surface area contributed by atoms with E-state index in [1.807, 2.05) is 37.6 Å². The highest BCUT2D eigenvalue weighted by atomic mass is 79.9. The molecule has 0 aliphatic carbocycles. The van der Waals surface area contributed by atoms with Crippen molar-refractivity contribution in [1.82, 2.24) is 14.5 Å². The number of anilines is 2. The fourth-order valence-electron chi connectivity index (χ4n) is 2.56. The third kappa shape index (κ3) is 2.66. The summed E-state index contributed by atoms with van der Waals surface area (Å²) in [5, 5.41) is 3.84. The van der Waals surface area contributed by atoms with Gasteiger partial charge in [0.1, 0.15) is 16.4 Å². The number of aromatic nitrogens is 3. The first-order chi connectivity index (χ1) is 10.9. The molecule has 0 atom stereocenters. The second-order valence-electron chi connectivity index (χ2n) is 5.33. The zero-order valence-corrected chi connectivity index (χ0v) is 15.6. The molecule has 0 bridgehead atoms. The fourth-order valence-corrected chi connectivity index (χ4v) is 3.11. The van der Waals surface area contributed by atoms with Gasteiger partial charge in [-0.05, 0) is 41.4 Å². The minimum atomic E-state index is 0.391. The Morgan fingerprint density at radius 1 is 1.26 bits per heavy atom. The fraction of sp³-hybridized carbons (Fsp3) is 0.250. The van der Waals surface area contributed by atoms with Crippen LogP contribution in [0, 0.1) is 13.8 Å². The summed E-state index contributed by atoms with van der Waals surface area (Å²) < 4.78 is 7.94. The minimum absolute atomic E-state index is 0.391. The molecule has 0 amide bonds. The van der Waals surface area contributed by atoms with Gasteiger partial charge in [-0.25, -0.2) is 9.97 Å². The lowest BCUT2D eigenvalue weighted by atomic mass is 10.1. The number of hydrogen-bond acceptors (Lipinski definition) is 4. The Kier molecular flexibility index (Phi) is 4.21. The largest absolute Gasteiger partial charge is 0.496 e. The van der Waals surface area contributed by atoms with Crippen molar-refractivity contribution in [1.29, 1.82) is 0 Å². The first kappa shape index (κ1) is 16.1. The lowest BCUT2D eigenvalue weighted by Crippen LogP contribution is -2.01. The molecule has 0 saturated carbocycles. The predicted molar refractivity (Wildman–Crippen MR) is 97.0 cm³/mol. The van der Waals surface area contributed by atoms with Crippen LogP contribution in [0.4, 0.5) is 11.4 Å². The lowest BCUT2D eigenvalue weighted by Gasteiger charge is -2.17. The standard InChI is InChI=1S/C16H16BrClN4O/c1-8-5-6-10(23-4)9(2)12(8)20-13-11(17)15(18)21-16-14(13)19-7-22(16)3/h5-7H,1-4H3,(H,20,21). The van der Waals surface area contributed by atoms with Gasteiger partial charge in [-0.2, -0.15) is 0 Å². The molecule has 7 heteroatoms. The van der Waals surface area contributed by atoms with Gasteiger partial charge >= 0.3 is 0 Å². The summed E-state index contributed by atoms with van der Waals surface area (Å²) in [4.78, 5) is 8.81. The summed E-state index contributed by atoms with van der Waals surface area (Å²) in [6, 6.07) is 3.97. The first-order valence-electron chi connectivity index (χ1n) is 7.01. The van der Waals surface area contributed by atoms with E-state index in [1.54, 1.807) is 13.4 Å². The smallest absolute Gasteiger partial charge is 0.163 e. The maximum atomic E-state index is 6.26. The van der Waals surface area contributed by atoms with Crippen LogP contribution in [-0.4, -0.2) is 21.6 Å². The van der Waals surface area contributed by atoms with Gasteiger partial charge in [0.05, 0.1) is 23.6 Å². The molecular formula is C16H16BrClN4O. The van der Waals surface area contributed by atoms with Crippen LogP contribution in [0.2, 0.25) is 5.15 Å². The van der Waals surface area contributed by atoms with E-state index < -0.39 is 0 Å². The Hall–Kier alpha value is -1.79. The number of hydrogen-bond donors (Lipinski definition) is 1. The lowest BCUT2D eigenvalue weighted by molar-refractivity contribution is 0.412. The molecule has 5 nitrogen and oxygen atoms in total. The van der Waals surface area contributed by atoms with Crippen molar-refractivity contribution < 1.29 is 4.74 Å². The van der Waals surface area contributed by atoms with Crippen LogP contribution < -0.4 is 10.1 Å². The van der Waals surface area contributed by atoms with E-state index in [0.717, 1.165) is 39.4 Å². The molecule has 3 aromatic rings. The summed E-state index contributed by atoms with van der Waals surface area (Å²) in [5.74, 6) is 0.826. The Balaban J connectivity index is 2.22. The molecule has 0 radical (unpaired) electrons. The number of methoxy groups -OCH3 is 1. The number of ether oxygens (including phenoxy) is 1. The Morgan fingerprint density at radius 3 is 2.70 bits per heavy atom. The van der Waals surface area contributed by atoms with E-state index in [2.05, 4.69) is 31.2 Å². The zero-order chi connectivity index (χ0) is 16.7. The summed E-state index contributed by atoms with van der Waals surface area (Å²) in [7, 11) is 3.55. The second-order valence-corrected chi connectivity index (χ2v) is 6.48. The number of rotatable bonds is 3. The van der Waals surface area contributed by atoms with Crippen molar-refractivity contribution in [3.63, 3.8) is 0 Å². The van der Waals surface area contributed by atoms with Gasteiger partial charge < -0.3 is 14.6 Å². The molecule has 0 aliphatic heterocycles. The molecule has 23 heavy (non-hydrogen) atoms. The number of fused-ring (bicyclic) bond motifs is 1. The Morgan fingerprint density at radius 2 is 2.00 bits per heavy atom. The van der Waals surface area contributed by atoms with Gasteiger partial charge in [0, 0.05) is 18.3 Å². The van der Waals surface area contributed by atoms with Crippen molar-refractivity contribution in [2.45, 2.75) is 13.8 Å². The minimum Gasteiger partial charge on any atom is -0.496 e. The molecule has 0 fully saturated rings. The number of aryl methyl sites for hydroxylation is 2. The Bertz CT molecular complexity index is 907. The van der Waals surface area contributed by atoms with Crippen molar-refractivity contribution in [2.24, 2.45) is 7.05 Å². The van der Waals surface area contributed by atoms with Crippen LogP contribution in [-0.2, 0) is 7.05 Å². The second kappa shape index (κ2) is 6.02. The maximum absolute atomic E-state index is 6.26. The van der Waals surface area contributed by atoms with E-state index in [9.17, 15) is 0 Å². The van der Waals surface area contributed by atoms with E-state index in [1.165, 1.54) is 0 Å². The van der Waals surface area contributed by atoms with E-state index in [4.69, 9.17) is 16.3 Å². The molecule has 120 valence electrons. The zero-order valence-electron chi connectivity index (χ0n) is 13.2. The summed E-state index contributed by atoms with van der Waals surface area (Å²) in [6.45, 7) is 4.06. The highest BCUT2D eigenvalue weighted by Gasteiger charge is 2.18. The highest BCUT2D eigenvalue weighted by Crippen LogP contribution is 2.39. The normalized spacial score (nSPS) is 11.0. The van der Waals surface area contributed by atoms with Gasteiger partial charge in [0.25, 0.3) is 0 Å². The number of halogens is 2.